The lowest BCUT2D eigenvalue weighted by Crippen LogP contribution is -2.48. The van der Waals surface area contributed by atoms with Crippen LogP contribution in [0.25, 0.3) is 0 Å². The van der Waals surface area contributed by atoms with Gasteiger partial charge in [0.1, 0.15) is 11.6 Å². The van der Waals surface area contributed by atoms with Gasteiger partial charge in [0.15, 0.2) is 5.11 Å². The molecule has 7 nitrogen and oxygen atoms in total. The molecule has 1 saturated heterocycles. The van der Waals surface area contributed by atoms with Gasteiger partial charge in [-0.1, -0.05) is 30.7 Å². The van der Waals surface area contributed by atoms with Gasteiger partial charge in [-0.25, -0.2) is 4.99 Å². The van der Waals surface area contributed by atoms with E-state index in [2.05, 4.69) is 27.4 Å². The number of aliphatic imine (C=N–C) groups is 2. The number of thiocarbonyl (C=S) groups is 1. The zero-order valence-corrected chi connectivity index (χ0v) is 19.9. The molecule has 0 aromatic heterocycles. The van der Waals surface area contributed by atoms with E-state index < -0.39 is 0 Å². The van der Waals surface area contributed by atoms with Gasteiger partial charge in [0.2, 0.25) is 5.91 Å². The summed E-state index contributed by atoms with van der Waals surface area (Å²) in [4.78, 5) is 26.0. The van der Waals surface area contributed by atoms with E-state index in [1.54, 1.807) is 7.11 Å². The number of unbranched alkanes of at least 4 members (excludes halogenated alkanes) is 2. The summed E-state index contributed by atoms with van der Waals surface area (Å²) in [7, 11) is 1.68. The summed E-state index contributed by atoms with van der Waals surface area (Å²) < 4.78 is 5.32. The first-order valence-electron chi connectivity index (χ1n) is 11.6. The van der Waals surface area contributed by atoms with Crippen LogP contribution in [-0.4, -0.2) is 67.3 Å². The van der Waals surface area contributed by atoms with Crippen LogP contribution in [0.5, 0.6) is 5.75 Å². The number of carbonyl (C=O) groups is 1. The molecule has 2 aliphatic heterocycles. The van der Waals surface area contributed by atoms with E-state index in [4.69, 9.17) is 21.9 Å². The summed E-state index contributed by atoms with van der Waals surface area (Å²) >= 11 is 5.22. The molecule has 1 aromatic rings. The number of fused-ring (bicyclic) bond motifs is 1. The minimum atomic E-state index is 0.0684. The van der Waals surface area contributed by atoms with Crippen LogP contribution < -0.4 is 15.0 Å². The first-order valence-corrected chi connectivity index (χ1v) is 12.0. The minimum Gasteiger partial charge on any atom is -0.497 e. The lowest BCUT2D eigenvalue weighted by atomic mass is 9.96. The highest BCUT2D eigenvalue weighted by Gasteiger charge is 2.25. The Morgan fingerprint density at radius 1 is 1.21 bits per heavy atom. The van der Waals surface area contributed by atoms with Gasteiger partial charge in [0, 0.05) is 50.9 Å². The molecule has 0 bridgehead atoms. The molecule has 0 radical (unpaired) electrons. The fraction of sp³-hybridized carbons (Fsp3) is 0.440. The lowest BCUT2D eigenvalue weighted by molar-refractivity contribution is -0.131. The van der Waals surface area contributed by atoms with Crippen LogP contribution in [0, 0.1) is 5.92 Å². The molecular formula is C25H31N5O2S. The Kier molecular flexibility index (Phi) is 7.88. The van der Waals surface area contributed by atoms with Gasteiger partial charge >= 0.3 is 0 Å². The van der Waals surface area contributed by atoms with Crippen molar-refractivity contribution in [1.82, 2.24) is 10.2 Å². The van der Waals surface area contributed by atoms with E-state index in [0.29, 0.717) is 11.5 Å². The maximum atomic E-state index is 12.6. The van der Waals surface area contributed by atoms with E-state index in [0.717, 1.165) is 75.0 Å². The van der Waals surface area contributed by atoms with Crippen molar-refractivity contribution in [3.8, 4) is 5.75 Å². The largest absolute Gasteiger partial charge is 0.497 e. The quantitative estimate of drug-likeness (QED) is 0.471. The molecule has 1 aromatic carbocycles. The van der Waals surface area contributed by atoms with Crippen LogP contribution in [0.3, 0.4) is 0 Å². The maximum absolute atomic E-state index is 12.6. The second-order valence-electron chi connectivity index (χ2n) is 8.34. The van der Waals surface area contributed by atoms with Crippen LogP contribution in [0.4, 0.5) is 5.69 Å². The smallest absolute Gasteiger partial charge is 0.222 e. The molecule has 4 rings (SSSR count). The number of carbonyl (C=O) groups excluding carboxylic acids is 1. The van der Waals surface area contributed by atoms with E-state index in [1.807, 2.05) is 41.3 Å². The van der Waals surface area contributed by atoms with Crippen LogP contribution in [-0.2, 0) is 4.79 Å². The second kappa shape index (κ2) is 11.2. The summed E-state index contributed by atoms with van der Waals surface area (Å²) in [6, 6.07) is 8.09. The summed E-state index contributed by atoms with van der Waals surface area (Å²) in [5.41, 5.74) is 2.09. The van der Waals surface area contributed by atoms with Gasteiger partial charge in [-0.3, -0.25) is 9.79 Å². The first-order chi connectivity index (χ1) is 16.1. The van der Waals surface area contributed by atoms with Crippen molar-refractivity contribution in [3.63, 3.8) is 0 Å². The van der Waals surface area contributed by atoms with Crippen molar-refractivity contribution < 1.29 is 9.53 Å². The zero-order valence-electron chi connectivity index (χ0n) is 19.1. The zero-order chi connectivity index (χ0) is 23.0. The summed E-state index contributed by atoms with van der Waals surface area (Å²) in [6.45, 7) is 3.95. The van der Waals surface area contributed by atoms with Crippen molar-refractivity contribution in [3.05, 3.63) is 48.6 Å². The highest BCUT2D eigenvalue weighted by Crippen LogP contribution is 2.22. The Morgan fingerprint density at radius 3 is 2.88 bits per heavy atom. The number of amidine groups is 1. The highest BCUT2D eigenvalue weighted by atomic mass is 32.1. The third-order valence-corrected chi connectivity index (χ3v) is 6.34. The molecule has 1 aliphatic carbocycles. The number of ether oxygens (including phenoxy) is 1. The van der Waals surface area contributed by atoms with Gasteiger partial charge in [-0.2, -0.15) is 0 Å². The third-order valence-electron chi connectivity index (χ3n) is 6.14. The van der Waals surface area contributed by atoms with E-state index >= 15 is 0 Å². The summed E-state index contributed by atoms with van der Waals surface area (Å²) in [5, 5.41) is 3.60. The van der Waals surface area contributed by atoms with Crippen LogP contribution in [0.15, 0.2) is 58.6 Å². The second-order valence-corrected chi connectivity index (χ2v) is 8.72. The number of methoxy groups -OCH3 is 1. The van der Waals surface area contributed by atoms with E-state index in [1.165, 1.54) is 0 Å². The molecule has 3 aliphatic rings. The van der Waals surface area contributed by atoms with E-state index in [-0.39, 0.29) is 11.8 Å². The SMILES string of the molecule is COc1cccc(N2CCN(C(=O)CCCCCN=C3NC(=S)N=C4C=CC=CC43)CC2)c1. The van der Waals surface area contributed by atoms with E-state index in [9.17, 15) is 4.79 Å². The number of rotatable bonds is 8. The molecule has 8 heteroatoms. The third kappa shape index (κ3) is 6.07. The molecule has 1 amide bonds. The van der Waals surface area contributed by atoms with Crippen LogP contribution in [0.1, 0.15) is 25.7 Å². The average molecular weight is 466 g/mol. The molecule has 1 N–H and O–H groups in total. The van der Waals surface area contributed by atoms with Crippen LogP contribution >= 0.6 is 12.2 Å². The Bertz CT molecular complexity index is 992. The molecule has 0 saturated carbocycles. The number of benzene rings is 1. The molecule has 1 unspecified atom stereocenters. The fourth-order valence-electron chi connectivity index (χ4n) is 4.28. The standard InChI is InChI=1S/C25H31N5O2S/c1-32-20-9-7-8-19(18-20)29-14-16-30(17-15-29)23(31)12-3-2-6-13-26-24-21-10-4-5-11-22(21)27-25(33)28-24/h4-5,7-11,18,21H,2-3,6,12-17H2,1H3,(H,26,28,33). The number of hydrogen-bond acceptors (Lipinski definition) is 5. The average Bonchev–Trinajstić information content (AvgIpc) is 2.86. The number of hydrogen-bond donors (Lipinski definition) is 1. The monoisotopic (exact) mass is 465 g/mol. The Hall–Kier alpha value is -3.00. The van der Waals surface area contributed by atoms with Crippen molar-refractivity contribution in [2.45, 2.75) is 25.7 Å². The van der Waals surface area contributed by atoms with Gasteiger partial charge in [0.25, 0.3) is 0 Å². The van der Waals surface area contributed by atoms with Crippen molar-refractivity contribution >= 4 is 40.5 Å². The normalized spacial score (nSPS) is 21.0. The number of anilines is 1. The van der Waals surface area contributed by atoms with Gasteiger partial charge in [0.05, 0.1) is 18.7 Å². The summed E-state index contributed by atoms with van der Waals surface area (Å²) in [5.74, 6) is 2.05. The fourth-order valence-corrected chi connectivity index (χ4v) is 4.49. The lowest BCUT2D eigenvalue weighted by Gasteiger charge is -2.36. The molecule has 174 valence electrons. The van der Waals surface area contributed by atoms with Crippen molar-refractivity contribution in [2.75, 3.05) is 44.7 Å². The Morgan fingerprint density at radius 2 is 2.06 bits per heavy atom. The predicted octanol–water partition coefficient (Wildman–Crippen LogP) is 3.37. The molecule has 0 spiro atoms. The number of allylic oxidation sites excluding steroid dienone is 3. The molecule has 33 heavy (non-hydrogen) atoms. The molecule has 2 heterocycles. The van der Waals surface area contributed by atoms with Crippen molar-refractivity contribution in [1.29, 1.82) is 0 Å². The Labute approximate surface area is 200 Å². The van der Waals surface area contributed by atoms with Crippen LogP contribution in [0.2, 0.25) is 0 Å². The number of nitrogens with zero attached hydrogens (tertiary/aromatic N) is 4. The minimum absolute atomic E-state index is 0.0684. The van der Waals surface area contributed by atoms with Crippen molar-refractivity contribution in [2.24, 2.45) is 15.9 Å². The summed E-state index contributed by atoms with van der Waals surface area (Å²) in [6.07, 6.45) is 11.5. The van der Waals surface area contributed by atoms with Gasteiger partial charge in [-0.05, 0) is 43.3 Å². The molecule has 1 fully saturated rings. The van der Waals surface area contributed by atoms with Gasteiger partial charge in [-0.15, -0.1) is 0 Å². The molecular weight excluding hydrogens is 434 g/mol. The Balaban J connectivity index is 1.15. The maximum Gasteiger partial charge on any atom is 0.222 e. The molecule has 1 atom stereocenters. The number of amides is 1. The first kappa shape index (κ1) is 23.2. The van der Waals surface area contributed by atoms with Gasteiger partial charge < -0.3 is 19.9 Å². The number of nitrogens with one attached hydrogen (secondary N) is 1. The highest BCUT2D eigenvalue weighted by molar-refractivity contribution is 7.80. The topological polar surface area (TPSA) is 69.5 Å². The number of piperazine rings is 1. The predicted molar refractivity (Wildman–Crippen MR) is 137 cm³/mol.